The lowest BCUT2D eigenvalue weighted by molar-refractivity contribution is -0.128. The molecule has 20 heavy (non-hydrogen) atoms. The smallest absolute Gasteiger partial charge is 0.0172 e. The van der Waals surface area contributed by atoms with Gasteiger partial charge in [-0.1, -0.05) is 43.4 Å². The van der Waals surface area contributed by atoms with E-state index in [1.54, 1.807) is 12.8 Å². The Hall–Kier alpha value is 0.730. The van der Waals surface area contributed by atoms with Crippen LogP contribution < -0.4 is 0 Å². The van der Waals surface area contributed by atoms with Gasteiger partial charge in [0, 0.05) is 3.92 Å². The molecule has 0 heterocycles. The summed E-state index contributed by atoms with van der Waals surface area (Å²) in [6, 6.07) is 0. The third-order valence-electron chi connectivity index (χ3n) is 9.90. The Balaban J connectivity index is 1.40. The zero-order valence-electron chi connectivity index (χ0n) is 12.9. The summed E-state index contributed by atoms with van der Waals surface area (Å²) >= 11 is 2.81. The lowest BCUT2D eigenvalue weighted by atomic mass is 9.44. The Bertz CT molecular complexity index is 402. The molecule has 0 spiro atoms. The van der Waals surface area contributed by atoms with Crippen LogP contribution in [0.1, 0.15) is 33.6 Å². The molecular formula is C19H27I. The number of alkyl halides is 1. The monoisotopic (exact) mass is 382 g/mol. The second-order valence-electron chi connectivity index (χ2n) is 9.61. The zero-order chi connectivity index (χ0) is 13.5. The normalized spacial score (nSPS) is 78.6. The van der Waals surface area contributed by atoms with Crippen molar-refractivity contribution in [3.63, 3.8) is 0 Å². The molecule has 0 N–H and O–H groups in total. The molecule has 0 aromatic carbocycles. The molecule has 0 aromatic heterocycles. The molecule has 6 saturated carbocycles. The molecule has 6 fully saturated rings. The Morgan fingerprint density at radius 1 is 0.550 bits per heavy atom. The van der Waals surface area contributed by atoms with E-state index in [1.807, 2.05) is 0 Å². The molecule has 1 heteroatoms. The fraction of sp³-hybridized carbons (Fsp3) is 1.00. The minimum absolute atomic E-state index is 1.03. The highest BCUT2D eigenvalue weighted by atomic mass is 127. The summed E-state index contributed by atoms with van der Waals surface area (Å²) in [5, 5.41) is 0. The SMILES string of the molecule is CC1C(I)C2C3CC(C12)C1C2CC(C31)C1C2C(C)[C@@H]1C. The predicted octanol–water partition coefficient (Wildman–Crippen LogP) is 4.72. The van der Waals surface area contributed by atoms with Crippen LogP contribution in [-0.4, -0.2) is 3.92 Å². The topological polar surface area (TPSA) is 0 Å². The highest BCUT2D eigenvalue weighted by molar-refractivity contribution is 14.1. The maximum absolute atomic E-state index is 2.81. The second kappa shape index (κ2) is 3.46. The van der Waals surface area contributed by atoms with Gasteiger partial charge in [-0.25, -0.2) is 0 Å². The summed E-state index contributed by atoms with van der Waals surface area (Å²) in [6.07, 6.45) is 3.32. The first-order valence-electron chi connectivity index (χ1n) is 9.25. The van der Waals surface area contributed by atoms with Crippen molar-refractivity contribution in [2.75, 3.05) is 0 Å². The molecule has 0 aromatic rings. The molecule has 13 unspecified atom stereocenters. The van der Waals surface area contributed by atoms with Crippen LogP contribution in [0.2, 0.25) is 0 Å². The van der Waals surface area contributed by atoms with Crippen LogP contribution >= 0.6 is 22.6 Å². The van der Waals surface area contributed by atoms with Gasteiger partial charge in [-0.2, -0.15) is 0 Å². The Labute approximate surface area is 137 Å². The third kappa shape index (κ3) is 1.00. The third-order valence-corrected chi connectivity index (χ3v) is 11.9. The molecule has 6 rings (SSSR count). The van der Waals surface area contributed by atoms with Gasteiger partial charge in [0.1, 0.15) is 0 Å². The van der Waals surface area contributed by atoms with Crippen LogP contribution in [0.3, 0.4) is 0 Å². The average molecular weight is 382 g/mol. The van der Waals surface area contributed by atoms with E-state index in [9.17, 15) is 0 Å². The largest absolute Gasteiger partial charge is 0.0820 e. The summed E-state index contributed by atoms with van der Waals surface area (Å²) in [5.74, 6) is 14.9. The average Bonchev–Trinajstić information content (AvgIpc) is 3.17. The standard InChI is InChI=1S/C19H27I/c1-6-7(2)14-10-4-9(13(6)14)16-11-5-12(17(10)16)18-15(11)8(3)19(18)20/h6-19H,4-5H2,1-3H3/t6?,7-,8?,9?,10?,11?,12?,13?,14?,15?,16?,17?,18?,19?/m0/s1. The molecule has 0 amide bonds. The molecule has 110 valence electrons. The molecule has 14 atom stereocenters. The van der Waals surface area contributed by atoms with Crippen molar-refractivity contribution in [2.45, 2.75) is 37.5 Å². The molecule has 0 radical (unpaired) electrons. The van der Waals surface area contributed by atoms with E-state index in [2.05, 4.69) is 43.4 Å². The number of fused-ring (bicyclic) bond motifs is 15. The number of rotatable bonds is 0. The van der Waals surface area contributed by atoms with Crippen LogP contribution in [-0.2, 0) is 0 Å². The molecular weight excluding hydrogens is 355 g/mol. The summed E-state index contributed by atoms with van der Waals surface area (Å²) < 4.78 is 1.03. The van der Waals surface area contributed by atoms with Gasteiger partial charge < -0.3 is 0 Å². The van der Waals surface area contributed by atoms with E-state index in [4.69, 9.17) is 0 Å². The first-order chi connectivity index (χ1) is 9.61. The van der Waals surface area contributed by atoms with Gasteiger partial charge in [0.15, 0.2) is 0 Å². The van der Waals surface area contributed by atoms with Gasteiger partial charge in [0.25, 0.3) is 0 Å². The van der Waals surface area contributed by atoms with E-state index >= 15 is 0 Å². The highest BCUT2D eigenvalue weighted by Gasteiger charge is 2.76. The van der Waals surface area contributed by atoms with Gasteiger partial charge >= 0.3 is 0 Å². The summed E-state index contributed by atoms with van der Waals surface area (Å²) in [6.45, 7) is 7.71. The van der Waals surface area contributed by atoms with Gasteiger partial charge in [0.05, 0.1) is 0 Å². The van der Waals surface area contributed by atoms with Crippen molar-refractivity contribution in [3.8, 4) is 0 Å². The first-order valence-corrected chi connectivity index (χ1v) is 10.5. The Morgan fingerprint density at radius 3 is 1.45 bits per heavy atom. The minimum atomic E-state index is 1.03. The van der Waals surface area contributed by atoms with Gasteiger partial charge in [-0.3, -0.25) is 0 Å². The van der Waals surface area contributed by atoms with Crippen molar-refractivity contribution in [3.05, 3.63) is 0 Å². The summed E-state index contributed by atoms with van der Waals surface area (Å²) in [5.41, 5.74) is 0. The molecule has 4 bridgehead atoms. The van der Waals surface area contributed by atoms with Crippen molar-refractivity contribution < 1.29 is 0 Å². The molecule has 6 aliphatic carbocycles. The van der Waals surface area contributed by atoms with Crippen molar-refractivity contribution in [1.82, 2.24) is 0 Å². The van der Waals surface area contributed by atoms with E-state index in [0.717, 1.165) is 33.5 Å². The van der Waals surface area contributed by atoms with E-state index < -0.39 is 0 Å². The molecule has 6 aliphatic rings. The van der Waals surface area contributed by atoms with E-state index in [1.165, 1.54) is 47.3 Å². The fourth-order valence-electron chi connectivity index (χ4n) is 9.47. The van der Waals surface area contributed by atoms with Crippen LogP contribution in [0.15, 0.2) is 0 Å². The molecule has 0 nitrogen and oxygen atoms in total. The quantitative estimate of drug-likeness (QED) is 0.323. The molecule has 0 aliphatic heterocycles. The first kappa shape index (κ1) is 12.2. The van der Waals surface area contributed by atoms with Crippen LogP contribution in [0.25, 0.3) is 0 Å². The van der Waals surface area contributed by atoms with Gasteiger partial charge in [-0.05, 0) is 89.8 Å². The van der Waals surface area contributed by atoms with Gasteiger partial charge in [0.2, 0.25) is 0 Å². The van der Waals surface area contributed by atoms with Crippen LogP contribution in [0, 0.1) is 76.9 Å². The minimum Gasteiger partial charge on any atom is -0.0820 e. The molecule has 0 saturated heterocycles. The van der Waals surface area contributed by atoms with Crippen molar-refractivity contribution in [2.24, 2.45) is 76.9 Å². The number of hydrogen-bond donors (Lipinski definition) is 0. The van der Waals surface area contributed by atoms with E-state index in [0.29, 0.717) is 0 Å². The maximum atomic E-state index is 2.81. The maximum Gasteiger partial charge on any atom is 0.0172 e. The lowest BCUT2D eigenvalue weighted by Crippen LogP contribution is -2.59. The van der Waals surface area contributed by atoms with Crippen LogP contribution in [0.4, 0.5) is 0 Å². The van der Waals surface area contributed by atoms with Crippen molar-refractivity contribution in [1.29, 1.82) is 0 Å². The van der Waals surface area contributed by atoms with Crippen LogP contribution in [0.5, 0.6) is 0 Å². The summed E-state index contributed by atoms with van der Waals surface area (Å²) in [7, 11) is 0. The zero-order valence-corrected chi connectivity index (χ0v) is 15.0. The second-order valence-corrected chi connectivity index (χ2v) is 11.1. The van der Waals surface area contributed by atoms with E-state index in [-0.39, 0.29) is 0 Å². The fourth-order valence-corrected chi connectivity index (χ4v) is 11.0. The van der Waals surface area contributed by atoms with Gasteiger partial charge in [-0.15, -0.1) is 0 Å². The highest BCUT2D eigenvalue weighted by Crippen LogP contribution is 2.80. The van der Waals surface area contributed by atoms with Crippen molar-refractivity contribution >= 4 is 22.6 Å². The lowest BCUT2D eigenvalue weighted by Gasteiger charge is -2.62. The summed E-state index contributed by atoms with van der Waals surface area (Å²) in [4.78, 5) is 0. The number of hydrogen-bond acceptors (Lipinski definition) is 0. The number of halogens is 1. The Morgan fingerprint density at radius 2 is 0.950 bits per heavy atom. The Kier molecular flexibility index (Phi) is 2.11. The predicted molar refractivity (Wildman–Crippen MR) is 89.4 cm³/mol.